The summed E-state index contributed by atoms with van der Waals surface area (Å²) in [4.78, 5) is 14.6. The lowest BCUT2D eigenvalue weighted by Gasteiger charge is -2.35. The van der Waals surface area contributed by atoms with E-state index in [0.717, 1.165) is 25.8 Å². The molecule has 0 aliphatic carbocycles. The molecule has 158 valence electrons. The molecular weight excluding hydrogens is 394 g/mol. The van der Waals surface area contributed by atoms with E-state index in [2.05, 4.69) is 17.1 Å². The third kappa shape index (κ3) is 4.77. The number of hydrogen-bond donors (Lipinski definition) is 0. The van der Waals surface area contributed by atoms with Crippen LogP contribution in [0, 0.1) is 0 Å². The number of nitrogens with zero attached hydrogens (tertiary/aromatic N) is 3. The molecule has 1 amide bonds. The molecule has 1 aromatic carbocycles. The average Bonchev–Trinajstić information content (AvgIpc) is 3.25. The van der Waals surface area contributed by atoms with E-state index in [-0.39, 0.29) is 11.7 Å². The van der Waals surface area contributed by atoms with E-state index in [1.54, 1.807) is 33.5 Å². The predicted molar refractivity (Wildman–Crippen MR) is 110 cm³/mol. The number of thioether (sulfide) groups is 1. The number of rotatable bonds is 8. The van der Waals surface area contributed by atoms with Crippen molar-refractivity contribution >= 4 is 17.7 Å². The third-order valence-corrected chi connectivity index (χ3v) is 5.86. The highest BCUT2D eigenvalue weighted by Crippen LogP contribution is 2.41. The molecule has 1 aliphatic rings. The van der Waals surface area contributed by atoms with Crippen molar-refractivity contribution in [2.75, 3.05) is 33.6 Å². The molecule has 0 radical (unpaired) electrons. The van der Waals surface area contributed by atoms with Crippen LogP contribution in [0.2, 0.25) is 0 Å². The second kappa shape index (κ2) is 9.87. The second-order valence-corrected chi connectivity index (χ2v) is 7.65. The number of amides is 1. The molecule has 1 unspecified atom stereocenters. The number of methoxy groups -OCH3 is 3. The summed E-state index contributed by atoms with van der Waals surface area (Å²) in [7, 11) is 4.64. The van der Waals surface area contributed by atoms with Gasteiger partial charge in [0.2, 0.25) is 17.5 Å². The van der Waals surface area contributed by atoms with Crippen molar-refractivity contribution in [3.8, 4) is 28.7 Å². The molecular formula is C20H27N3O5S. The zero-order valence-electron chi connectivity index (χ0n) is 17.3. The predicted octanol–water partition coefficient (Wildman–Crippen LogP) is 3.65. The molecule has 1 saturated heterocycles. The molecule has 0 N–H and O–H groups in total. The van der Waals surface area contributed by atoms with Crippen LogP contribution in [0.15, 0.2) is 21.8 Å². The minimum absolute atomic E-state index is 0.120. The van der Waals surface area contributed by atoms with E-state index in [0.29, 0.717) is 40.0 Å². The van der Waals surface area contributed by atoms with Gasteiger partial charge in [-0.3, -0.25) is 4.79 Å². The molecule has 1 aliphatic heterocycles. The van der Waals surface area contributed by atoms with Crippen LogP contribution in [-0.2, 0) is 4.79 Å². The Hall–Kier alpha value is -2.42. The van der Waals surface area contributed by atoms with Gasteiger partial charge >= 0.3 is 0 Å². The molecule has 0 bridgehead atoms. The first-order valence-electron chi connectivity index (χ1n) is 9.67. The molecule has 9 heteroatoms. The summed E-state index contributed by atoms with van der Waals surface area (Å²) < 4.78 is 21.8. The van der Waals surface area contributed by atoms with Crippen LogP contribution in [0.3, 0.4) is 0 Å². The van der Waals surface area contributed by atoms with Crippen molar-refractivity contribution in [2.45, 2.75) is 43.9 Å². The fourth-order valence-electron chi connectivity index (χ4n) is 3.55. The molecule has 8 nitrogen and oxygen atoms in total. The van der Waals surface area contributed by atoms with Crippen LogP contribution in [-0.4, -0.2) is 60.7 Å². The van der Waals surface area contributed by atoms with Gasteiger partial charge in [0.05, 0.1) is 27.1 Å². The van der Waals surface area contributed by atoms with E-state index >= 15 is 0 Å². The minimum atomic E-state index is 0.120. The first-order chi connectivity index (χ1) is 14.1. The molecule has 3 rings (SSSR count). The van der Waals surface area contributed by atoms with Crippen LogP contribution in [0.5, 0.6) is 17.2 Å². The van der Waals surface area contributed by atoms with E-state index in [4.69, 9.17) is 18.6 Å². The molecule has 0 saturated carbocycles. The second-order valence-electron chi connectivity index (χ2n) is 6.72. The molecule has 0 spiro atoms. The normalized spacial score (nSPS) is 16.6. The van der Waals surface area contributed by atoms with Crippen LogP contribution in [0.4, 0.5) is 0 Å². The maximum atomic E-state index is 12.6. The number of carbonyl (C=O) groups is 1. The van der Waals surface area contributed by atoms with Gasteiger partial charge in [0.15, 0.2) is 11.5 Å². The molecule has 1 fully saturated rings. The SMILES string of the molecule is CCC1CCCCN1C(=O)CSc1nnc(-c2cc(OC)c(OC)c(OC)c2)o1. The summed E-state index contributed by atoms with van der Waals surface area (Å²) in [6, 6.07) is 3.83. The fraction of sp³-hybridized carbons (Fsp3) is 0.550. The van der Waals surface area contributed by atoms with Crippen LogP contribution in [0.25, 0.3) is 11.5 Å². The van der Waals surface area contributed by atoms with Gasteiger partial charge in [-0.05, 0) is 37.8 Å². The maximum absolute atomic E-state index is 12.6. The van der Waals surface area contributed by atoms with Gasteiger partial charge in [0.25, 0.3) is 5.22 Å². The lowest BCUT2D eigenvalue weighted by atomic mass is 10.0. The number of aromatic nitrogens is 2. The zero-order chi connectivity index (χ0) is 20.8. The first kappa shape index (κ1) is 21.3. The monoisotopic (exact) mass is 421 g/mol. The van der Waals surface area contributed by atoms with Gasteiger partial charge in [0, 0.05) is 18.2 Å². The van der Waals surface area contributed by atoms with Crippen molar-refractivity contribution in [3.05, 3.63) is 12.1 Å². The van der Waals surface area contributed by atoms with Crippen molar-refractivity contribution in [1.29, 1.82) is 0 Å². The highest BCUT2D eigenvalue weighted by molar-refractivity contribution is 7.99. The summed E-state index contributed by atoms with van der Waals surface area (Å²) in [5.41, 5.74) is 0.646. The standard InChI is InChI=1S/C20H27N3O5S/c1-5-14-8-6-7-9-23(14)17(24)12-29-20-22-21-19(28-20)13-10-15(25-2)18(27-4)16(11-13)26-3/h10-11,14H,5-9,12H2,1-4H3. The van der Waals surface area contributed by atoms with Gasteiger partial charge in [0.1, 0.15) is 0 Å². The highest BCUT2D eigenvalue weighted by Gasteiger charge is 2.26. The third-order valence-electron chi connectivity index (χ3n) is 5.06. The number of ether oxygens (including phenoxy) is 3. The highest BCUT2D eigenvalue weighted by atomic mass is 32.2. The Morgan fingerprint density at radius 3 is 2.52 bits per heavy atom. The lowest BCUT2D eigenvalue weighted by molar-refractivity contribution is -0.132. The Balaban J connectivity index is 1.70. The van der Waals surface area contributed by atoms with Crippen LogP contribution in [0.1, 0.15) is 32.6 Å². The van der Waals surface area contributed by atoms with Gasteiger partial charge in [-0.25, -0.2) is 0 Å². The van der Waals surface area contributed by atoms with Crippen LogP contribution >= 0.6 is 11.8 Å². The van der Waals surface area contributed by atoms with Crippen molar-refractivity contribution in [3.63, 3.8) is 0 Å². The largest absolute Gasteiger partial charge is 0.493 e. The molecule has 2 aromatic rings. The number of carbonyl (C=O) groups excluding carboxylic acids is 1. The first-order valence-corrected chi connectivity index (χ1v) is 10.7. The summed E-state index contributed by atoms with van der Waals surface area (Å²) >= 11 is 1.26. The maximum Gasteiger partial charge on any atom is 0.277 e. The number of benzene rings is 1. The summed E-state index contributed by atoms with van der Waals surface area (Å²) in [5.74, 6) is 2.22. The number of likely N-dealkylation sites (tertiary alicyclic amines) is 1. The molecule has 1 atom stereocenters. The van der Waals surface area contributed by atoms with Gasteiger partial charge in [-0.2, -0.15) is 0 Å². The quantitative estimate of drug-likeness (QED) is 0.597. The van der Waals surface area contributed by atoms with Crippen molar-refractivity contribution < 1.29 is 23.4 Å². The summed E-state index contributed by atoms with van der Waals surface area (Å²) in [5, 5.41) is 8.52. The number of hydrogen-bond acceptors (Lipinski definition) is 8. The van der Waals surface area contributed by atoms with Crippen molar-refractivity contribution in [2.24, 2.45) is 0 Å². The summed E-state index contributed by atoms with van der Waals surface area (Å²) in [6.45, 7) is 2.96. The lowest BCUT2D eigenvalue weighted by Crippen LogP contribution is -2.44. The van der Waals surface area contributed by atoms with E-state index < -0.39 is 0 Å². The topological polar surface area (TPSA) is 86.9 Å². The Kier molecular flexibility index (Phi) is 7.24. The number of piperidine rings is 1. The Bertz CT molecular complexity index is 816. The molecule has 1 aromatic heterocycles. The van der Waals surface area contributed by atoms with Crippen LogP contribution < -0.4 is 14.2 Å². The molecule has 2 heterocycles. The average molecular weight is 422 g/mol. The minimum Gasteiger partial charge on any atom is -0.493 e. The Morgan fingerprint density at radius 1 is 1.17 bits per heavy atom. The van der Waals surface area contributed by atoms with Gasteiger partial charge in [-0.15, -0.1) is 10.2 Å². The zero-order valence-corrected chi connectivity index (χ0v) is 18.1. The van der Waals surface area contributed by atoms with E-state index in [9.17, 15) is 4.79 Å². The van der Waals surface area contributed by atoms with Gasteiger partial charge < -0.3 is 23.5 Å². The fourth-order valence-corrected chi connectivity index (χ4v) is 4.20. The molecule has 29 heavy (non-hydrogen) atoms. The van der Waals surface area contributed by atoms with E-state index in [1.807, 2.05) is 4.90 Å². The summed E-state index contributed by atoms with van der Waals surface area (Å²) in [6.07, 6.45) is 4.33. The smallest absolute Gasteiger partial charge is 0.277 e. The van der Waals surface area contributed by atoms with Crippen molar-refractivity contribution in [1.82, 2.24) is 15.1 Å². The Morgan fingerprint density at radius 2 is 1.90 bits per heavy atom. The van der Waals surface area contributed by atoms with E-state index in [1.165, 1.54) is 18.2 Å². The van der Waals surface area contributed by atoms with Gasteiger partial charge in [-0.1, -0.05) is 18.7 Å². The Labute approximate surface area is 174 Å².